The van der Waals surface area contributed by atoms with Gasteiger partial charge in [-0.3, -0.25) is 0 Å². The summed E-state index contributed by atoms with van der Waals surface area (Å²) in [7, 11) is -2.91. The number of rotatable bonds is 10. The van der Waals surface area contributed by atoms with Crippen LogP contribution in [0.15, 0.2) is 12.5 Å². The van der Waals surface area contributed by atoms with E-state index >= 15 is 0 Å². The molecule has 0 aromatic carbocycles. The number of sulfone groups is 1. The van der Waals surface area contributed by atoms with Crippen LogP contribution in [0.2, 0.25) is 0 Å². The molecule has 0 bridgehead atoms. The molecule has 0 aliphatic rings. The molecule has 6 heteroatoms. The van der Waals surface area contributed by atoms with Gasteiger partial charge in [-0.25, -0.2) is 13.4 Å². The first-order valence-electron chi connectivity index (χ1n) is 6.99. The fourth-order valence-electron chi connectivity index (χ4n) is 1.83. The van der Waals surface area contributed by atoms with Crippen molar-refractivity contribution in [1.29, 1.82) is 0 Å². The van der Waals surface area contributed by atoms with Crippen molar-refractivity contribution in [3.63, 3.8) is 0 Å². The number of imidazole rings is 1. The molecule has 1 aromatic rings. The van der Waals surface area contributed by atoms with Crippen LogP contribution in [0.25, 0.3) is 0 Å². The molecule has 0 unspecified atom stereocenters. The highest BCUT2D eigenvalue weighted by Crippen LogP contribution is 2.00. The van der Waals surface area contributed by atoms with Gasteiger partial charge >= 0.3 is 0 Å². The Morgan fingerprint density at radius 1 is 1.21 bits per heavy atom. The fraction of sp³-hybridized carbons (Fsp3) is 0.769. The molecule has 0 aliphatic heterocycles. The molecule has 5 nitrogen and oxygen atoms in total. The molecule has 0 fully saturated rings. The lowest BCUT2D eigenvalue weighted by atomic mass is 10.3. The largest absolute Gasteiger partial charge is 0.336 e. The highest BCUT2D eigenvalue weighted by Gasteiger charge is 2.09. The first-order valence-corrected chi connectivity index (χ1v) is 8.81. The van der Waals surface area contributed by atoms with Crippen LogP contribution in [0.1, 0.15) is 32.4 Å². The van der Waals surface area contributed by atoms with E-state index in [1.54, 1.807) is 6.33 Å². The minimum Gasteiger partial charge on any atom is -0.336 e. The van der Waals surface area contributed by atoms with Crippen LogP contribution in [-0.4, -0.2) is 42.6 Å². The summed E-state index contributed by atoms with van der Waals surface area (Å²) in [5, 5.41) is 3.32. The molecule has 0 spiro atoms. The Balaban J connectivity index is 2.34. The van der Waals surface area contributed by atoms with Crippen molar-refractivity contribution in [1.82, 2.24) is 14.9 Å². The number of hydrogen-bond donors (Lipinski definition) is 1. The minimum absolute atomic E-state index is 0.199. The van der Waals surface area contributed by atoms with Crippen LogP contribution >= 0.6 is 0 Å². The Hall–Kier alpha value is -0.880. The second kappa shape index (κ2) is 8.32. The first kappa shape index (κ1) is 16.2. The molecule has 0 atom stereocenters. The zero-order valence-electron chi connectivity index (χ0n) is 11.9. The SMILES string of the molecule is CCCNCCc1cn(CCS(=O)(=O)CCC)cn1. The number of aryl methyl sites for hydroxylation is 1. The van der Waals surface area contributed by atoms with Gasteiger partial charge in [-0.05, 0) is 19.4 Å². The highest BCUT2D eigenvalue weighted by atomic mass is 32.2. The fourth-order valence-corrected chi connectivity index (χ4v) is 3.15. The second-order valence-corrected chi connectivity index (χ2v) is 7.06. The number of hydrogen-bond acceptors (Lipinski definition) is 4. The smallest absolute Gasteiger partial charge is 0.152 e. The summed E-state index contributed by atoms with van der Waals surface area (Å²) >= 11 is 0. The normalized spacial score (nSPS) is 11.9. The van der Waals surface area contributed by atoms with Gasteiger partial charge in [0.1, 0.15) is 0 Å². The molecular formula is C13H25N3O2S. The third kappa shape index (κ3) is 6.73. The zero-order chi connectivity index (χ0) is 14.1. The van der Waals surface area contributed by atoms with Crippen LogP contribution in [0.5, 0.6) is 0 Å². The summed E-state index contributed by atoms with van der Waals surface area (Å²) in [5.74, 6) is 0.472. The van der Waals surface area contributed by atoms with Crippen molar-refractivity contribution in [2.45, 2.75) is 39.7 Å². The number of nitrogens with one attached hydrogen (secondary N) is 1. The summed E-state index contributed by atoms with van der Waals surface area (Å²) in [6, 6.07) is 0. The van der Waals surface area contributed by atoms with Crippen molar-refractivity contribution < 1.29 is 8.42 Å². The topological polar surface area (TPSA) is 64.0 Å². The van der Waals surface area contributed by atoms with Gasteiger partial charge in [-0.15, -0.1) is 0 Å². The van der Waals surface area contributed by atoms with E-state index in [9.17, 15) is 8.42 Å². The van der Waals surface area contributed by atoms with Crippen molar-refractivity contribution in [3.05, 3.63) is 18.2 Å². The van der Waals surface area contributed by atoms with Gasteiger partial charge in [-0.1, -0.05) is 13.8 Å². The molecule has 0 saturated carbocycles. The standard InChI is InChI=1S/C13H25N3O2S/c1-3-6-14-7-5-13-11-16(12-15-13)8-10-19(17,18)9-4-2/h11-12,14H,3-10H2,1-2H3. The van der Waals surface area contributed by atoms with Gasteiger partial charge < -0.3 is 9.88 Å². The van der Waals surface area contributed by atoms with Crippen LogP contribution < -0.4 is 5.32 Å². The molecule has 0 amide bonds. The van der Waals surface area contributed by atoms with Crippen molar-refractivity contribution in [2.24, 2.45) is 0 Å². The Bertz CT molecular complexity index is 454. The Labute approximate surface area is 116 Å². The maximum absolute atomic E-state index is 11.6. The van der Waals surface area contributed by atoms with E-state index in [2.05, 4.69) is 17.2 Å². The average molecular weight is 287 g/mol. The first-order chi connectivity index (χ1) is 9.07. The van der Waals surface area contributed by atoms with Gasteiger partial charge in [-0.2, -0.15) is 0 Å². The average Bonchev–Trinajstić information content (AvgIpc) is 2.80. The molecule has 19 heavy (non-hydrogen) atoms. The lowest BCUT2D eigenvalue weighted by Crippen LogP contribution is -2.18. The second-order valence-electron chi connectivity index (χ2n) is 4.75. The Morgan fingerprint density at radius 2 is 2.00 bits per heavy atom. The van der Waals surface area contributed by atoms with E-state index in [0.29, 0.717) is 13.0 Å². The summed E-state index contributed by atoms with van der Waals surface area (Å²) in [5.41, 5.74) is 1.01. The molecule has 1 N–H and O–H groups in total. The Kier molecular flexibility index (Phi) is 7.09. The molecule has 110 valence electrons. The third-order valence-electron chi connectivity index (χ3n) is 2.85. The van der Waals surface area contributed by atoms with E-state index in [1.165, 1.54) is 0 Å². The lowest BCUT2D eigenvalue weighted by molar-refractivity contribution is 0.587. The zero-order valence-corrected chi connectivity index (χ0v) is 12.7. The van der Waals surface area contributed by atoms with E-state index in [-0.39, 0.29) is 11.5 Å². The predicted octanol–water partition coefficient (Wildman–Crippen LogP) is 1.25. The third-order valence-corrected chi connectivity index (χ3v) is 4.68. The van der Waals surface area contributed by atoms with Gasteiger partial charge in [0.2, 0.25) is 0 Å². The van der Waals surface area contributed by atoms with Crippen molar-refractivity contribution >= 4 is 9.84 Å². The maximum Gasteiger partial charge on any atom is 0.152 e. The molecule has 0 radical (unpaired) electrons. The highest BCUT2D eigenvalue weighted by molar-refractivity contribution is 7.91. The number of nitrogens with zero attached hydrogens (tertiary/aromatic N) is 2. The van der Waals surface area contributed by atoms with Crippen LogP contribution in [0, 0.1) is 0 Å². The van der Waals surface area contributed by atoms with Crippen LogP contribution in [0.4, 0.5) is 0 Å². The van der Waals surface area contributed by atoms with E-state index < -0.39 is 9.84 Å². The van der Waals surface area contributed by atoms with Gasteiger partial charge in [0.25, 0.3) is 0 Å². The summed E-state index contributed by atoms with van der Waals surface area (Å²) < 4.78 is 25.1. The molecule has 1 heterocycles. The van der Waals surface area contributed by atoms with Crippen LogP contribution in [-0.2, 0) is 22.8 Å². The van der Waals surface area contributed by atoms with Gasteiger partial charge in [0.15, 0.2) is 9.84 Å². The molecule has 1 rings (SSSR count). The van der Waals surface area contributed by atoms with Crippen LogP contribution in [0.3, 0.4) is 0 Å². The quantitative estimate of drug-likeness (QED) is 0.658. The van der Waals surface area contributed by atoms with E-state index in [1.807, 2.05) is 17.7 Å². The lowest BCUT2D eigenvalue weighted by Gasteiger charge is -2.03. The maximum atomic E-state index is 11.6. The van der Waals surface area contributed by atoms with Gasteiger partial charge in [0.05, 0.1) is 17.8 Å². The van der Waals surface area contributed by atoms with Gasteiger partial charge in [0, 0.05) is 31.5 Å². The summed E-state index contributed by atoms with van der Waals surface area (Å²) in [6.45, 7) is 6.46. The van der Waals surface area contributed by atoms with Crippen molar-refractivity contribution in [3.8, 4) is 0 Å². The predicted molar refractivity (Wildman–Crippen MR) is 78.0 cm³/mol. The van der Waals surface area contributed by atoms with E-state index in [0.717, 1.165) is 31.6 Å². The molecule has 0 saturated heterocycles. The molecule has 0 aliphatic carbocycles. The van der Waals surface area contributed by atoms with Crippen molar-refractivity contribution in [2.75, 3.05) is 24.6 Å². The summed E-state index contributed by atoms with van der Waals surface area (Å²) in [4.78, 5) is 4.29. The van der Waals surface area contributed by atoms with E-state index in [4.69, 9.17) is 0 Å². The minimum atomic E-state index is -2.91. The summed E-state index contributed by atoms with van der Waals surface area (Å²) in [6.07, 6.45) is 6.35. The monoisotopic (exact) mass is 287 g/mol. The Morgan fingerprint density at radius 3 is 2.68 bits per heavy atom. The molecular weight excluding hydrogens is 262 g/mol. The molecule has 1 aromatic heterocycles. The number of aromatic nitrogens is 2.